The van der Waals surface area contributed by atoms with Crippen molar-refractivity contribution in [1.29, 1.82) is 5.26 Å². The van der Waals surface area contributed by atoms with Crippen molar-refractivity contribution in [2.75, 3.05) is 6.61 Å². The molecular weight excluding hydrogens is 232 g/mol. The summed E-state index contributed by atoms with van der Waals surface area (Å²) in [6.45, 7) is 1.54. The Kier molecular flexibility index (Phi) is 4.12. The van der Waals surface area contributed by atoms with Crippen LogP contribution in [-0.2, 0) is 9.53 Å². The zero-order chi connectivity index (χ0) is 13.0. The number of aliphatic hydroxyl groups excluding tert-OH is 1. The average Bonchev–Trinajstić information content (AvgIpc) is 2.29. The molecule has 0 bridgehead atoms. The highest BCUT2D eigenvalue weighted by atomic mass is 19.1. The van der Waals surface area contributed by atoms with Crippen LogP contribution in [0, 0.1) is 23.0 Å². The number of esters is 1. The van der Waals surface area contributed by atoms with E-state index in [-0.39, 0.29) is 6.61 Å². The Morgan fingerprint density at radius 3 is 2.71 bits per heavy atom. The molecule has 1 atom stereocenters. The average molecular weight is 241 g/mol. The van der Waals surface area contributed by atoms with Crippen molar-refractivity contribution in [3.8, 4) is 6.07 Å². The normalized spacial score (nSPS) is 11.7. The van der Waals surface area contributed by atoms with Gasteiger partial charge in [-0.25, -0.2) is 13.6 Å². The minimum Gasteiger partial charge on any atom is -0.464 e. The van der Waals surface area contributed by atoms with Crippen LogP contribution in [0.3, 0.4) is 0 Å². The molecule has 1 aromatic rings. The largest absolute Gasteiger partial charge is 0.464 e. The zero-order valence-corrected chi connectivity index (χ0v) is 8.91. The number of nitrogens with zero attached hydrogens (tertiary/aromatic N) is 1. The Morgan fingerprint density at radius 1 is 1.53 bits per heavy atom. The number of ether oxygens (including phenoxy) is 1. The highest BCUT2D eigenvalue weighted by Gasteiger charge is 2.24. The van der Waals surface area contributed by atoms with Gasteiger partial charge in [0.05, 0.1) is 12.2 Å². The Balaban J connectivity index is 3.14. The fraction of sp³-hybridized carbons (Fsp3) is 0.273. The summed E-state index contributed by atoms with van der Waals surface area (Å²) in [5, 5.41) is 18.0. The number of rotatable bonds is 3. The Bertz CT molecular complexity index is 482. The van der Waals surface area contributed by atoms with E-state index in [0.717, 1.165) is 6.07 Å². The van der Waals surface area contributed by atoms with Crippen molar-refractivity contribution in [1.82, 2.24) is 0 Å². The van der Waals surface area contributed by atoms with E-state index in [9.17, 15) is 18.7 Å². The molecule has 0 saturated carbocycles. The highest BCUT2D eigenvalue weighted by molar-refractivity contribution is 5.76. The number of hydrogen-bond acceptors (Lipinski definition) is 4. The van der Waals surface area contributed by atoms with Crippen LogP contribution in [0.2, 0.25) is 0 Å². The van der Waals surface area contributed by atoms with Gasteiger partial charge in [-0.05, 0) is 13.0 Å². The molecule has 0 amide bonds. The summed E-state index contributed by atoms with van der Waals surface area (Å²) in [7, 11) is 0. The molecule has 4 nitrogen and oxygen atoms in total. The lowest BCUT2D eigenvalue weighted by molar-refractivity contribution is -0.153. The summed E-state index contributed by atoms with van der Waals surface area (Å²) in [6, 6.07) is 2.71. The molecule has 0 heterocycles. The van der Waals surface area contributed by atoms with Crippen LogP contribution in [0.1, 0.15) is 24.2 Å². The van der Waals surface area contributed by atoms with E-state index in [0.29, 0.717) is 6.07 Å². The number of aliphatic hydroxyl groups is 1. The van der Waals surface area contributed by atoms with E-state index >= 15 is 0 Å². The number of hydrogen-bond donors (Lipinski definition) is 1. The molecule has 1 aromatic carbocycles. The summed E-state index contributed by atoms with van der Waals surface area (Å²) < 4.78 is 30.8. The fourth-order valence-corrected chi connectivity index (χ4v) is 1.21. The molecule has 0 aromatic heterocycles. The van der Waals surface area contributed by atoms with Gasteiger partial charge in [0.2, 0.25) is 0 Å². The standard InChI is InChI=1S/C11H9F2NO3/c1-2-17-11(16)10(15)7-3-6(5-14)8(12)4-9(7)13/h3-4,10,15H,2H2,1H3. The third-order valence-electron chi connectivity index (χ3n) is 2.01. The van der Waals surface area contributed by atoms with Crippen molar-refractivity contribution < 1.29 is 23.4 Å². The molecule has 0 radical (unpaired) electrons. The fourth-order valence-electron chi connectivity index (χ4n) is 1.21. The molecule has 0 fully saturated rings. The lowest BCUT2D eigenvalue weighted by atomic mass is 10.1. The Labute approximate surface area is 96.0 Å². The van der Waals surface area contributed by atoms with Gasteiger partial charge in [0.15, 0.2) is 6.10 Å². The SMILES string of the molecule is CCOC(=O)C(O)c1cc(C#N)c(F)cc1F. The van der Waals surface area contributed by atoms with Crippen molar-refractivity contribution in [2.45, 2.75) is 13.0 Å². The first-order valence-electron chi connectivity index (χ1n) is 4.75. The lowest BCUT2D eigenvalue weighted by Crippen LogP contribution is -2.17. The topological polar surface area (TPSA) is 70.3 Å². The summed E-state index contributed by atoms with van der Waals surface area (Å²) in [5.41, 5.74) is -0.939. The van der Waals surface area contributed by atoms with Crippen LogP contribution < -0.4 is 0 Å². The maximum atomic E-state index is 13.3. The molecule has 0 saturated heterocycles. The molecule has 0 aliphatic heterocycles. The van der Waals surface area contributed by atoms with Gasteiger partial charge in [-0.2, -0.15) is 5.26 Å². The molecule has 17 heavy (non-hydrogen) atoms. The predicted molar refractivity (Wildman–Crippen MR) is 52.7 cm³/mol. The lowest BCUT2D eigenvalue weighted by Gasteiger charge is -2.11. The number of carbonyl (C=O) groups excluding carboxylic acids is 1. The molecule has 1 unspecified atom stereocenters. The third-order valence-corrected chi connectivity index (χ3v) is 2.01. The van der Waals surface area contributed by atoms with Crippen molar-refractivity contribution in [3.05, 3.63) is 34.9 Å². The molecule has 90 valence electrons. The maximum Gasteiger partial charge on any atom is 0.339 e. The quantitative estimate of drug-likeness (QED) is 0.813. The van der Waals surface area contributed by atoms with Crippen LogP contribution in [0.4, 0.5) is 8.78 Å². The third kappa shape index (κ3) is 2.77. The second-order valence-corrected chi connectivity index (χ2v) is 3.12. The highest BCUT2D eigenvalue weighted by Crippen LogP contribution is 2.21. The number of nitriles is 1. The van der Waals surface area contributed by atoms with Gasteiger partial charge in [-0.1, -0.05) is 0 Å². The minimum atomic E-state index is -1.87. The van der Waals surface area contributed by atoms with Crippen LogP contribution >= 0.6 is 0 Å². The van der Waals surface area contributed by atoms with E-state index in [1.165, 1.54) is 13.0 Å². The van der Waals surface area contributed by atoms with Gasteiger partial charge in [0.1, 0.15) is 17.7 Å². The maximum absolute atomic E-state index is 13.3. The molecule has 0 aliphatic rings. The summed E-state index contributed by atoms with van der Waals surface area (Å²) >= 11 is 0. The van der Waals surface area contributed by atoms with E-state index in [4.69, 9.17) is 5.26 Å². The van der Waals surface area contributed by atoms with E-state index in [2.05, 4.69) is 4.74 Å². The molecular formula is C11H9F2NO3. The van der Waals surface area contributed by atoms with Crippen LogP contribution in [0.25, 0.3) is 0 Å². The number of carbonyl (C=O) groups is 1. The van der Waals surface area contributed by atoms with Gasteiger partial charge in [0.25, 0.3) is 0 Å². The molecule has 1 N–H and O–H groups in total. The van der Waals surface area contributed by atoms with Gasteiger partial charge in [-0.3, -0.25) is 0 Å². The summed E-state index contributed by atoms with van der Waals surface area (Å²) in [5.74, 6) is -3.21. The molecule has 6 heteroatoms. The van der Waals surface area contributed by atoms with Crippen LogP contribution in [0.5, 0.6) is 0 Å². The van der Waals surface area contributed by atoms with Crippen molar-refractivity contribution in [3.63, 3.8) is 0 Å². The van der Waals surface area contributed by atoms with Gasteiger partial charge in [-0.15, -0.1) is 0 Å². The summed E-state index contributed by atoms with van der Waals surface area (Å²) in [4.78, 5) is 11.2. The van der Waals surface area contributed by atoms with E-state index < -0.39 is 34.8 Å². The molecule has 0 spiro atoms. The van der Waals surface area contributed by atoms with Crippen LogP contribution in [-0.4, -0.2) is 17.7 Å². The second kappa shape index (κ2) is 5.37. The minimum absolute atomic E-state index is 0.0177. The predicted octanol–water partition coefficient (Wildman–Crippen LogP) is 1.43. The van der Waals surface area contributed by atoms with Gasteiger partial charge >= 0.3 is 5.97 Å². The number of halogens is 2. The van der Waals surface area contributed by atoms with Gasteiger partial charge in [0, 0.05) is 11.6 Å². The van der Waals surface area contributed by atoms with Crippen molar-refractivity contribution in [2.24, 2.45) is 0 Å². The van der Waals surface area contributed by atoms with Crippen LogP contribution in [0.15, 0.2) is 12.1 Å². The molecule has 1 rings (SSSR count). The Hall–Kier alpha value is -2.00. The number of benzene rings is 1. The molecule has 0 aliphatic carbocycles. The first-order chi connectivity index (χ1) is 8.01. The summed E-state index contributed by atoms with van der Waals surface area (Å²) in [6.07, 6.45) is -1.87. The smallest absolute Gasteiger partial charge is 0.339 e. The van der Waals surface area contributed by atoms with Gasteiger partial charge < -0.3 is 9.84 Å². The van der Waals surface area contributed by atoms with E-state index in [1.807, 2.05) is 0 Å². The van der Waals surface area contributed by atoms with Crippen molar-refractivity contribution >= 4 is 5.97 Å². The Morgan fingerprint density at radius 2 is 2.18 bits per heavy atom. The monoisotopic (exact) mass is 241 g/mol. The second-order valence-electron chi connectivity index (χ2n) is 3.12. The van der Waals surface area contributed by atoms with E-state index in [1.54, 1.807) is 0 Å². The zero-order valence-electron chi connectivity index (χ0n) is 8.91. The first kappa shape index (κ1) is 13.1. The first-order valence-corrected chi connectivity index (χ1v) is 4.75.